The molecule has 3 rings (SSSR count). The molecule has 2 amide bonds. The fourth-order valence-electron chi connectivity index (χ4n) is 5.48. The van der Waals surface area contributed by atoms with Crippen LogP contribution >= 0.6 is 0 Å². The van der Waals surface area contributed by atoms with E-state index in [0.717, 1.165) is 18.4 Å². The number of nitrogens with zero attached hydrogens (tertiary/aromatic N) is 1. The van der Waals surface area contributed by atoms with Crippen molar-refractivity contribution >= 4 is 11.8 Å². The predicted molar refractivity (Wildman–Crippen MR) is 154 cm³/mol. The topological polar surface area (TPSA) is 81.7 Å². The Morgan fingerprint density at radius 3 is 2.26 bits per heavy atom. The molecule has 0 aliphatic heterocycles. The Labute approximate surface area is 229 Å². The van der Waals surface area contributed by atoms with Gasteiger partial charge >= 0.3 is 0 Å². The molecule has 1 aliphatic rings. The number of benzene rings is 2. The van der Waals surface area contributed by atoms with Gasteiger partial charge in [-0.25, -0.2) is 0 Å². The minimum Gasteiger partial charge on any atom is -0.390 e. The van der Waals surface area contributed by atoms with E-state index in [-0.39, 0.29) is 11.8 Å². The zero-order valence-corrected chi connectivity index (χ0v) is 23.5. The van der Waals surface area contributed by atoms with E-state index >= 15 is 0 Å². The van der Waals surface area contributed by atoms with E-state index in [1.165, 1.54) is 32.1 Å². The van der Waals surface area contributed by atoms with E-state index in [9.17, 15) is 14.7 Å². The summed E-state index contributed by atoms with van der Waals surface area (Å²) in [7, 11) is 0. The molecule has 3 N–H and O–H groups in total. The van der Waals surface area contributed by atoms with E-state index in [1.54, 1.807) is 24.3 Å². The molecule has 1 saturated carbocycles. The molecule has 2 aromatic carbocycles. The zero-order chi connectivity index (χ0) is 27.3. The largest absolute Gasteiger partial charge is 0.390 e. The van der Waals surface area contributed by atoms with Gasteiger partial charge in [-0.15, -0.1) is 0 Å². The first-order chi connectivity index (χ1) is 18.4. The maximum Gasteiger partial charge on any atom is 0.253 e. The van der Waals surface area contributed by atoms with E-state index in [1.807, 2.05) is 35.2 Å². The third-order valence-electron chi connectivity index (χ3n) is 7.73. The Morgan fingerprint density at radius 2 is 1.61 bits per heavy atom. The molecule has 38 heavy (non-hydrogen) atoms. The summed E-state index contributed by atoms with van der Waals surface area (Å²) >= 11 is 0. The lowest BCUT2D eigenvalue weighted by Crippen LogP contribution is -2.50. The first-order valence-electron chi connectivity index (χ1n) is 14.6. The molecule has 0 aromatic heterocycles. The van der Waals surface area contributed by atoms with Crippen LogP contribution in [0.4, 0.5) is 0 Å². The molecule has 6 nitrogen and oxygen atoms in total. The average molecular weight is 522 g/mol. The summed E-state index contributed by atoms with van der Waals surface area (Å²) in [6.07, 6.45) is 7.89. The maximum absolute atomic E-state index is 13.4. The second kappa shape index (κ2) is 15.6. The number of amides is 2. The van der Waals surface area contributed by atoms with Gasteiger partial charge in [0.05, 0.1) is 12.1 Å². The first kappa shape index (κ1) is 29.9. The highest BCUT2D eigenvalue weighted by molar-refractivity contribution is 5.99. The standard InChI is InChI=1S/C32H47N3O3/c1-4-19-35(20-5-2)32(38)28-18-12-17-27(22-28)31(37)34-29(21-25-13-8-6-9-14-25)30(36)23-33-24(3)26-15-10-7-11-16-26/h6,8-9,12-14,17-18,22,24,26,29-30,33,36H,4-5,7,10-11,15-16,19-21,23H2,1-3H3,(H,34,37)/t24-,29+,30-/m1/s1. The summed E-state index contributed by atoms with van der Waals surface area (Å²) in [6.45, 7) is 8.13. The van der Waals surface area contributed by atoms with Crippen LogP contribution in [0.15, 0.2) is 54.6 Å². The van der Waals surface area contributed by atoms with Gasteiger partial charge in [-0.3, -0.25) is 9.59 Å². The molecule has 0 spiro atoms. The van der Waals surface area contributed by atoms with Gasteiger partial charge in [0.2, 0.25) is 0 Å². The Balaban J connectivity index is 1.70. The summed E-state index contributed by atoms with van der Waals surface area (Å²) in [6, 6.07) is 16.7. The summed E-state index contributed by atoms with van der Waals surface area (Å²) < 4.78 is 0. The number of hydrogen-bond donors (Lipinski definition) is 3. The van der Waals surface area contributed by atoms with Gasteiger partial charge in [-0.05, 0) is 68.7 Å². The molecule has 1 aliphatic carbocycles. The van der Waals surface area contributed by atoms with Gasteiger partial charge in [0, 0.05) is 36.8 Å². The third kappa shape index (κ3) is 8.95. The minimum atomic E-state index is -0.750. The van der Waals surface area contributed by atoms with Gasteiger partial charge in [0.15, 0.2) is 0 Å². The molecule has 0 unspecified atom stereocenters. The van der Waals surface area contributed by atoms with E-state index in [2.05, 4.69) is 31.4 Å². The summed E-state index contributed by atoms with van der Waals surface area (Å²) in [4.78, 5) is 28.3. The number of carbonyl (C=O) groups is 2. The van der Waals surface area contributed by atoms with Crippen LogP contribution in [0.25, 0.3) is 0 Å². The van der Waals surface area contributed by atoms with Crippen molar-refractivity contribution in [3.05, 3.63) is 71.3 Å². The third-order valence-corrected chi connectivity index (χ3v) is 7.73. The summed E-state index contributed by atoms with van der Waals surface area (Å²) in [5.74, 6) is 0.306. The molecule has 208 valence electrons. The Morgan fingerprint density at radius 1 is 0.947 bits per heavy atom. The molecule has 2 aromatic rings. The molecule has 0 saturated heterocycles. The number of carbonyl (C=O) groups excluding carboxylic acids is 2. The van der Waals surface area contributed by atoms with Crippen molar-refractivity contribution < 1.29 is 14.7 Å². The van der Waals surface area contributed by atoms with Crippen LogP contribution in [0.1, 0.15) is 92.0 Å². The zero-order valence-electron chi connectivity index (χ0n) is 23.5. The van der Waals surface area contributed by atoms with Crippen LogP contribution < -0.4 is 10.6 Å². The lowest BCUT2D eigenvalue weighted by molar-refractivity contribution is 0.0755. The molecule has 1 fully saturated rings. The number of aliphatic hydroxyl groups excluding tert-OH is 1. The molecular formula is C32H47N3O3. The van der Waals surface area contributed by atoms with E-state index < -0.39 is 12.1 Å². The van der Waals surface area contributed by atoms with Gasteiger partial charge in [0.25, 0.3) is 11.8 Å². The highest BCUT2D eigenvalue weighted by Gasteiger charge is 2.26. The highest BCUT2D eigenvalue weighted by atomic mass is 16.3. The van der Waals surface area contributed by atoms with Crippen LogP contribution in [-0.2, 0) is 6.42 Å². The molecule has 0 bridgehead atoms. The van der Waals surface area contributed by atoms with Crippen molar-refractivity contribution in [1.82, 2.24) is 15.5 Å². The minimum absolute atomic E-state index is 0.0508. The first-order valence-corrected chi connectivity index (χ1v) is 14.6. The fourth-order valence-corrected chi connectivity index (χ4v) is 5.48. The molecule has 0 radical (unpaired) electrons. The number of nitrogens with one attached hydrogen (secondary N) is 2. The second-order valence-corrected chi connectivity index (χ2v) is 10.8. The van der Waals surface area contributed by atoms with Crippen LogP contribution in [0, 0.1) is 5.92 Å². The number of aliphatic hydroxyl groups is 1. The SMILES string of the molecule is CCCN(CCC)C(=O)c1cccc(C(=O)N[C@@H](Cc2ccccc2)[C@H](O)CN[C@H](C)C2CCCCC2)c1. The van der Waals surface area contributed by atoms with E-state index in [4.69, 9.17) is 0 Å². The van der Waals surface area contributed by atoms with Gasteiger partial charge < -0.3 is 20.6 Å². The van der Waals surface area contributed by atoms with Gasteiger partial charge in [-0.2, -0.15) is 0 Å². The van der Waals surface area contributed by atoms with Crippen molar-refractivity contribution in [2.45, 2.75) is 90.3 Å². The second-order valence-electron chi connectivity index (χ2n) is 10.8. The molecule has 6 heteroatoms. The number of rotatable bonds is 14. The monoisotopic (exact) mass is 521 g/mol. The van der Waals surface area contributed by atoms with Crippen LogP contribution in [0.2, 0.25) is 0 Å². The maximum atomic E-state index is 13.4. The van der Waals surface area contributed by atoms with Crippen LogP contribution in [0.3, 0.4) is 0 Å². The van der Waals surface area contributed by atoms with Gasteiger partial charge in [0.1, 0.15) is 0 Å². The average Bonchev–Trinajstić information content (AvgIpc) is 2.96. The fraction of sp³-hybridized carbons (Fsp3) is 0.562. The molecular weight excluding hydrogens is 474 g/mol. The summed E-state index contributed by atoms with van der Waals surface area (Å²) in [5, 5.41) is 17.8. The Hall–Kier alpha value is -2.70. The lowest BCUT2D eigenvalue weighted by atomic mass is 9.84. The summed E-state index contributed by atoms with van der Waals surface area (Å²) in [5.41, 5.74) is 2.00. The van der Waals surface area contributed by atoms with Crippen molar-refractivity contribution in [2.75, 3.05) is 19.6 Å². The van der Waals surface area contributed by atoms with Crippen molar-refractivity contribution in [3.63, 3.8) is 0 Å². The smallest absolute Gasteiger partial charge is 0.253 e. The van der Waals surface area contributed by atoms with E-state index in [0.29, 0.717) is 49.1 Å². The highest BCUT2D eigenvalue weighted by Crippen LogP contribution is 2.26. The number of hydrogen-bond acceptors (Lipinski definition) is 4. The van der Waals surface area contributed by atoms with Crippen LogP contribution in [-0.4, -0.2) is 59.6 Å². The molecule has 0 heterocycles. The normalized spacial score (nSPS) is 16.4. The predicted octanol–water partition coefficient (Wildman–Crippen LogP) is 5.21. The van der Waals surface area contributed by atoms with Crippen LogP contribution in [0.5, 0.6) is 0 Å². The van der Waals surface area contributed by atoms with Crippen molar-refractivity contribution in [2.24, 2.45) is 5.92 Å². The van der Waals surface area contributed by atoms with Crippen molar-refractivity contribution in [1.29, 1.82) is 0 Å². The quantitative estimate of drug-likeness (QED) is 0.319. The van der Waals surface area contributed by atoms with Gasteiger partial charge in [-0.1, -0.05) is 69.5 Å². The molecule has 3 atom stereocenters. The van der Waals surface area contributed by atoms with Crippen molar-refractivity contribution in [3.8, 4) is 0 Å². The Kier molecular flexibility index (Phi) is 12.3. The Bertz CT molecular complexity index is 984. The lowest BCUT2D eigenvalue weighted by Gasteiger charge is -2.31.